The highest BCUT2D eigenvalue weighted by Gasteiger charge is 2.31. The van der Waals surface area contributed by atoms with E-state index >= 15 is 0 Å². The van der Waals surface area contributed by atoms with Crippen molar-refractivity contribution in [1.82, 2.24) is 19.6 Å². The van der Waals surface area contributed by atoms with E-state index in [0.717, 1.165) is 5.56 Å². The zero-order valence-electron chi connectivity index (χ0n) is 24.3. The topological polar surface area (TPSA) is 119 Å². The van der Waals surface area contributed by atoms with Gasteiger partial charge in [-0.05, 0) is 74.9 Å². The maximum Gasteiger partial charge on any atom is 0.339 e. The highest BCUT2D eigenvalue weighted by Crippen LogP contribution is 2.34. The van der Waals surface area contributed by atoms with Gasteiger partial charge in [-0.2, -0.15) is 8.42 Å². The van der Waals surface area contributed by atoms with Crippen molar-refractivity contribution < 1.29 is 12.6 Å². The lowest BCUT2D eigenvalue weighted by Crippen LogP contribution is -2.25. The van der Waals surface area contributed by atoms with Crippen molar-refractivity contribution in [3.63, 3.8) is 0 Å². The maximum atomic E-state index is 14.1. The van der Waals surface area contributed by atoms with Gasteiger partial charge in [-0.3, -0.25) is 19.8 Å². The molecule has 2 aromatic heterocycles. The van der Waals surface area contributed by atoms with Crippen LogP contribution in [0.5, 0.6) is 5.75 Å². The van der Waals surface area contributed by atoms with E-state index in [0.29, 0.717) is 39.5 Å². The van der Waals surface area contributed by atoms with Crippen LogP contribution >= 0.6 is 0 Å². The van der Waals surface area contributed by atoms with Gasteiger partial charge in [-0.25, -0.2) is 9.36 Å². The van der Waals surface area contributed by atoms with Crippen LogP contribution in [-0.4, -0.2) is 28.0 Å². The molecule has 0 spiro atoms. The number of hydrogen-bond acceptors (Lipinski definition) is 5. The molecule has 0 aliphatic heterocycles. The van der Waals surface area contributed by atoms with Crippen molar-refractivity contribution in [2.24, 2.45) is 0 Å². The van der Waals surface area contributed by atoms with Gasteiger partial charge in [0, 0.05) is 17.3 Å². The molecule has 6 aromatic rings. The normalized spacial score (nSPS) is 11.6. The first-order valence-electron chi connectivity index (χ1n) is 14.0. The summed E-state index contributed by atoms with van der Waals surface area (Å²) >= 11 is 0. The Balaban J connectivity index is 1.53. The highest BCUT2D eigenvalue weighted by atomic mass is 32.2. The van der Waals surface area contributed by atoms with Gasteiger partial charge in [-0.15, -0.1) is 0 Å². The Morgan fingerprint density at radius 1 is 0.636 bits per heavy atom. The number of H-pyrrole nitrogens is 2. The van der Waals surface area contributed by atoms with Gasteiger partial charge in [0.05, 0.1) is 22.5 Å². The van der Waals surface area contributed by atoms with E-state index in [4.69, 9.17) is 4.18 Å². The molecule has 4 aromatic carbocycles. The third-order valence-corrected chi connectivity index (χ3v) is 8.81. The molecule has 0 atom stereocenters. The Kier molecular flexibility index (Phi) is 7.44. The van der Waals surface area contributed by atoms with Crippen LogP contribution in [0.2, 0.25) is 0 Å². The molecular formula is C34H30N4O5S. The quantitative estimate of drug-likeness (QED) is 0.221. The summed E-state index contributed by atoms with van der Waals surface area (Å²) in [5, 5.41) is 6.33. The average molecular weight is 607 g/mol. The van der Waals surface area contributed by atoms with E-state index in [2.05, 4.69) is 10.2 Å². The molecular weight excluding hydrogens is 576 g/mol. The van der Waals surface area contributed by atoms with Crippen LogP contribution < -0.4 is 15.3 Å². The number of hydrogen-bond donors (Lipinski definition) is 2. The second-order valence-corrected chi connectivity index (χ2v) is 12.2. The van der Waals surface area contributed by atoms with E-state index in [1.165, 1.54) is 27.6 Å². The molecule has 2 heterocycles. The average Bonchev–Trinajstić information content (AvgIpc) is 3.48. The van der Waals surface area contributed by atoms with Crippen molar-refractivity contribution >= 4 is 10.1 Å². The van der Waals surface area contributed by atoms with Crippen molar-refractivity contribution in [2.45, 2.75) is 31.6 Å². The van der Waals surface area contributed by atoms with Gasteiger partial charge >= 0.3 is 10.1 Å². The maximum absolute atomic E-state index is 14.1. The minimum absolute atomic E-state index is 0.0181. The molecule has 0 unspecified atom stereocenters. The Morgan fingerprint density at radius 2 is 1.14 bits per heavy atom. The van der Waals surface area contributed by atoms with Crippen LogP contribution in [0.15, 0.2) is 124 Å². The number of nitrogens with one attached hydrogen (secondary N) is 2. The van der Waals surface area contributed by atoms with Crippen molar-refractivity contribution in [2.75, 3.05) is 0 Å². The summed E-state index contributed by atoms with van der Waals surface area (Å²) in [6.07, 6.45) is 0. The predicted octanol–water partition coefficient (Wildman–Crippen LogP) is 5.52. The monoisotopic (exact) mass is 606 g/mol. The van der Waals surface area contributed by atoms with Gasteiger partial charge in [0.1, 0.15) is 10.6 Å². The minimum atomic E-state index is -4.14. The summed E-state index contributed by atoms with van der Waals surface area (Å²) in [5.74, 6) is -0.802. The largest absolute Gasteiger partial charge is 0.379 e. The summed E-state index contributed by atoms with van der Waals surface area (Å²) in [6.45, 7) is 5.43. The molecule has 0 saturated heterocycles. The Bertz CT molecular complexity index is 2080. The van der Waals surface area contributed by atoms with Gasteiger partial charge < -0.3 is 4.18 Å². The summed E-state index contributed by atoms with van der Waals surface area (Å²) in [5.41, 5.74) is 3.88. The molecule has 0 amide bonds. The molecule has 44 heavy (non-hydrogen) atoms. The Hall–Kier alpha value is -5.35. The van der Waals surface area contributed by atoms with Gasteiger partial charge in [0.15, 0.2) is 0 Å². The molecule has 0 bridgehead atoms. The Morgan fingerprint density at radius 3 is 1.64 bits per heavy atom. The van der Waals surface area contributed by atoms with Gasteiger partial charge in [-0.1, -0.05) is 66.2 Å². The van der Waals surface area contributed by atoms with Crippen LogP contribution in [0, 0.1) is 20.8 Å². The summed E-state index contributed by atoms with van der Waals surface area (Å²) in [7, 11) is -4.14. The van der Waals surface area contributed by atoms with Crippen molar-refractivity contribution in [3.8, 4) is 17.1 Å². The van der Waals surface area contributed by atoms with Crippen LogP contribution in [0.1, 0.15) is 39.6 Å². The third-order valence-electron chi connectivity index (χ3n) is 7.55. The number of nitrogens with zero attached hydrogens (tertiary/aromatic N) is 2. The van der Waals surface area contributed by atoms with Crippen LogP contribution in [0.3, 0.4) is 0 Å². The fourth-order valence-electron chi connectivity index (χ4n) is 5.42. The molecule has 9 nitrogen and oxygen atoms in total. The molecule has 6 rings (SSSR count). The van der Waals surface area contributed by atoms with Gasteiger partial charge in [0.2, 0.25) is 0 Å². The number of rotatable bonds is 8. The number of aryl methyl sites for hydroxylation is 3. The fourth-order valence-corrected chi connectivity index (χ4v) is 6.34. The number of benzene rings is 4. The summed E-state index contributed by atoms with van der Waals surface area (Å²) < 4.78 is 34.7. The van der Waals surface area contributed by atoms with Crippen LogP contribution in [0.4, 0.5) is 0 Å². The summed E-state index contributed by atoms with van der Waals surface area (Å²) in [6, 6.07) is 31.2. The lowest BCUT2D eigenvalue weighted by molar-refractivity contribution is 0.485. The first-order chi connectivity index (χ1) is 21.1. The first kappa shape index (κ1) is 28.8. The van der Waals surface area contributed by atoms with Crippen molar-refractivity contribution in [3.05, 3.63) is 164 Å². The second kappa shape index (κ2) is 11.4. The zero-order chi connectivity index (χ0) is 31.0. The smallest absolute Gasteiger partial charge is 0.339 e. The van der Waals surface area contributed by atoms with E-state index in [-0.39, 0.29) is 21.8 Å². The highest BCUT2D eigenvalue weighted by molar-refractivity contribution is 7.87. The molecule has 0 fully saturated rings. The van der Waals surface area contributed by atoms with E-state index in [1.54, 1.807) is 44.2 Å². The van der Waals surface area contributed by atoms with Crippen LogP contribution in [0.25, 0.3) is 11.4 Å². The molecule has 0 aliphatic carbocycles. The molecule has 2 N–H and O–H groups in total. The molecule has 0 radical (unpaired) electrons. The molecule has 0 aliphatic rings. The lowest BCUT2D eigenvalue weighted by Gasteiger charge is -2.17. The minimum Gasteiger partial charge on any atom is -0.379 e. The number of aromatic amines is 2. The third kappa shape index (κ3) is 5.31. The first-order valence-corrected chi connectivity index (χ1v) is 15.4. The molecule has 10 heteroatoms. The van der Waals surface area contributed by atoms with E-state index in [9.17, 15) is 18.0 Å². The Labute approximate surface area is 254 Å². The summed E-state index contributed by atoms with van der Waals surface area (Å²) in [4.78, 5) is 28.2. The van der Waals surface area contributed by atoms with Crippen LogP contribution in [-0.2, 0) is 10.1 Å². The zero-order valence-corrected chi connectivity index (χ0v) is 25.1. The lowest BCUT2D eigenvalue weighted by atomic mass is 9.85. The standard InChI is InChI=1S/C34H30N4O5S/c1-22-17-19-29(20-18-22)44(41,42)43-28-16-10-11-25(21-28)32(30-23(2)35-37(33(30)39)26-12-6-4-7-13-26)31-24(3)36-38(34(31)40)27-14-8-5-9-15-27/h4-21,32,35-36H,1-3H3. The van der Waals surface area contributed by atoms with E-state index in [1.807, 2.05) is 67.6 Å². The SMILES string of the molecule is Cc1ccc(S(=O)(=O)Oc2cccc(C(c3c(C)[nH]n(-c4ccccc4)c3=O)c3c(C)[nH]n(-c4ccccc4)c3=O)c2)cc1. The second-order valence-electron chi connectivity index (χ2n) is 10.6. The van der Waals surface area contributed by atoms with Crippen molar-refractivity contribution in [1.29, 1.82) is 0 Å². The molecule has 0 saturated carbocycles. The number of para-hydroxylation sites is 2. The van der Waals surface area contributed by atoms with E-state index < -0.39 is 16.0 Å². The molecule has 222 valence electrons. The fraction of sp³-hybridized carbons (Fsp3) is 0.118. The number of aromatic nitrogens is 4. The predicted molar refractivity (Wildman–Crippen MR) is 169 cm³/mol. The van der Waals surface area contributed by atoms with Gasteiger partial charge in [0.25, 0.3) is 11.1 Å².